The molecule has 0 fully saturated rings. The van der Waals surface area contributed by atoms with Crippen LogP contribution in [0.5, 0.6) is 0 Å². The topological polar surface area (TPSA) is 92.4 Å². The highest BCUT2D eigenvalue weighted by Gasteiger charge is 2.00. The average molecular weight is 207 g/mol. The lowest BCUT2D eigenvalue weighted by molar-refractivity contribution is -0.136. The Bertz CT molecular complexity index is 481. The minimum Gasteiger partial charge on any atom is -0.481 e. The lowest BCUT2D eigenvalue weighted by atomic mass is 10.4. The van der Waals surface area contributed by atoms with Crippen molar-refractivity contribution in [1.29, 1.82) is 0 Å². The van der Waals surface area contributed by atoms with Gasteiger partial charge in [-0.15, -0.1) is 15.3 Å². The van der Waals surface area contributed by atoms with Crippen LogP contribution in [0.1, 0.15) is 6.42 Å². The van der Waals surface area contributed by atoms with Crippen LogP contribution >= 0.6 is 0 Å². The summed E-state index contributed by atoms with van der Waals surface area (Å²) in [6.07, 6.45) is 1.54. The third-order valence-electron chi connectivity index (χ3n) is 1.81. The summed E-state index contributed by atoms with van der Waals surface area (Å²) in [4.78, 5) is 10.3. The smallest absolute Gasteiger partial charge is 0.305 e. The van der Waals surface area contributed by atoms with Crippen LogP contribution in [0.4, 0.5) is 5.82 Å². The van der Waals surface area contributed by atoms with Crippen molar-refractivity contribution in [2.45, 2.75) is 6.42 Å². The van der Waals surface area contributed by atoms with E-state index in [1.165, 1.54) is 10.8 Å². The molecule has 0 atom stereocenters. The van der Waals surface area contributed by atoms with E-state index in [-0.39, 0.29) is 6.42 Å². The lowest BCUT2D eigenvalue weighted by Gasteiger charge is -2.02. The summed E-state index contributed by atoms with van der Waals surface area (Å²) in [6, 6.07) is 3.48. The molecule has 0 aromatic carbocycles. The van der Waals surface area contributed by atoms with Crippen molar-refractivity contribution in [3.8, 4) is 0 Å². The van der Waals surface area contributed by atoms with Gasteiger partial charge in [0.25, 0.3) is 0 Å². The Balaban J connectivity index is 2.04. The van der Waals surface area contributed by atoms with Crippen LogP contribution < -0.4 is 5.32 Å². The van der Waals surface area contributed by atoms with Crippen LogP contribution in [-0.4, -0.2) is 37.4 Å². The molecule has 0 spiro atoms. The molecule has 2 aromatic rings. The van der Waals surface area contributed by atoms with Crippen LogP contribution in [0.25, 0.3) is 5.65 Å². The molecule has 0 radical (unpaired) electrons. The summed E-state index contributed by atoms with van der Waals surface area (Å²) >= 11 is 0. The fourth-order valence-electron chi connectivity index (χ4n) is 1.12. The van der Waals surface area contributed by atoms with Crippen molar-refractivity contribution in [2.75, 3.05) is 11.9 Å². The second-order valence-corrected chi connectivity index (χ2v) is 2.92. The standard InChI is InChI=1S/C8H9N5O2/c14-8(15)3-4-9-6-1-2-7-11-10-5-13(7)12-6/h1-2,5H,3-4H2,(H,9,12)(H,14,15). The van der Waals surface area contributed by atoms with E-state index in [0.717, 1.165) is 0 Å². The molecule has 7 heteroatoms. The van der Waals surface area contributed by atoms with Crippen molar-refractivity contribution in [3.05, 3.63) is 18.5 Å². The molecule has 0 aliphatic carbocycles. The van der Waals surface area contributed by atoms with Gasteiger partial charge in [0.2, 0.25) is 0 Å². The van der Waals surface area contributed by atoms with Crippen molar-refractivity contribution >= 4 is 17.4 Å². The monoisotopic (exact) mass is 207 g/mol. The van der Waals surface area contributed by atoms with Crippen LogP contribution in [0.15, 0.2) is 18.5 Å². The number of carboxylic acid groups (broad SMARTS) is 1. The zero-order valence-corrected chi connectivity index (χ0v) is 7.79. The number of nitrogens with one attached hydrogen (secondary N) is 1. The first-order chi connectivity index (χ1) is 7.25. The number of aromatic nitrogens is 4. The van der Waals surface area contributed by atoms with Crippen molar-refractivity contribution in [3.63, 3.8) is 0 Å². The van der Waals surface area contributed by atoms with Gasteiger partial charge in [0.05, 0.1) is 6.42 Å². The Kier molecular flexibility index (Phi) is 2.44. The highest BCUT2D eigenvalue weighted by Crippen LogP contribution is 2.03. The second kappa shape index (κ2) is 3.91. The summed E-state index contributed by atoms with van der Waals surface area (Å²) in [5, 5.41) is 22.9. The zero-order chi connectivity index (χ0) is 10.7. The molecule has 2 rings (SSSR count). The second-order valence-electron chi connectivity index (χ2n) is 2.92. The molecule has 2 aromatic heterocycles. The summed E-state index contributed by atoms with van der Waals surface area (Å²) < 4.78 is 1.52. The lowest BCUT2D eigenvalue weighted by Crippen LogP contribution is -2.09. The molecule has 7 nitrogen and oxygen atoms in total. The predicted molar refractivity (Wildman–Crippen MR) is 51.5 cm³/mol. The molecular formula is C8H9N5O2. The van der Waals surface area contributed by atoms with Gasteiger partial charge in [-0.2, -0.15) is 4.52 Å². The Labute approximate surface area is 84.7 Å². The highest BCUT2D eigenvalue weighted by atomic mass is 16.4. The Morgan fingerprint density at radius 3 is 3.20 bits per heavy atom. The highest BCUT2D eigenvalue weighted by molar-refractivity contribution is 5.67. The third-order valence-corrected chi connectivity index (χ3v) is 1.81. The molecule has 0 aliphatic heterocycles. The molecule has 15 heavy (non-hydrogen) atoms. The molecule has 2 N–H and O–H groups in total. The molecule has 78 valence electrons. The number of nitrogens with zero attached hydrogens (tertiary/aromatic N) is 4. The van der Waals surface area contributed by atoms with E-state index in [1.807, 2.05) is 0 Å². The van der Waals surface area contributed by atoms with Gasteiger partial charge in [-0.1, -0.05) is 0 Å². The summed E-state index contributed by atoms with van der Waals surface area (Å²) in [5.74, 6) is -0.239. The van der Waals surface area contributed by atoms with Crippen molar-refractivity contribution < 1.29 is 9.90 Å². The van der Waals surface area contributed by atoms with E-state index in [2.05, 4.69) is 20.6 Å². The number of carbonyl (C=O) groups is 1. The molecule has 0 saturated carbocycles. The van der Waals surface area contributed by atoms with E-state index >= 15 is 0 Å². The van der Waals surface area contributed by atoms with Gasteiger partial charge in [-0.25, -0.2) is 0 Å². The number of carboxylic acids is 1. The maximum atomic E-state index is 10.3. The minimum absolute atomic E-state index is 0.0574. The maximum absolute atomic E-state index is 10.3. The number of anilines is 1. The van der Waals surface area contributed by atoms with Gasteiger partial charge in [0, 0.05) is 6.54 Å². The predicted octanol–water partition coefficient (Wildman–Crippen LogP) is 0.0109. The Morgan fingerprint density at radius 1 is 1.53 bits per heavy atom. The number of rotatable bonds is 4. The van der Waals surface area contributed by atoms with E-state index < -0.39 is 5.97 Å². The Hall–Kier alpha value is -2.18. The largest absolute Gasteiger partial charge is 0.481 e. The molecule has 0 bridgehead atoms. The number of fused-ring (bicyclic) bond motifs is 1. The summed E-state index contributed by atoms with van der Waals surface area (Å²) in [7, 11) is 0. The summed E-state index contributed by atoms with van der Waals surface area (Å²) in [6.45, 7) is 0.343. The van der Waals surface area contributed by atoms with Crippen LogP contribution in [-0.2, 0) is 4.79 Å². The van der Waals surface area contributed by atoms with Gasteiger partial charge in [0.15, 0.2) is 5.65 Å². The molecule has 0 unspecified atom stereocenters. The first-order valence-electron chi connectivity index (χ1n) is 4.38. The van der Waals surface area contributed by atoms with Gasteiger partial charge >= 0.3 is 5.97 Å². The number of hydrogen-bond donors (Lipinski definition) is 2. The molecular weight excluding hydrogens is 198 g/mol. The maximum Gasteiger partial charge on any atom is 0.305 e. The van der Waals surface area contributed by atoms with Crippen molar-refractivity contribution in [1.82, 2.24) is 19.8 Å². The van der Waals surface area contributed by atoms with Gasteiger partial charge in [0.1, 0.15) is 12.1 Å². The Morgan fingerprint density at radius 2 is 2.40 bits per heavy atom. The minimum atomic E-state index is -0.840. The molecule has 0 saturated heterocycles. The van der Waals surface area contributed by atoms with Crippen LogP contribution in [0.2, 0.25) is 0 Å². The third kappa shape index (κ3) is 2.19. The van der Waals surface area contributed by atoms with E-state index in [1.54, 1.807) is 12.1 Å². The van der Waals surface area contributed by atoms with E-state index in [0.29, 0.717) is 18.0 Å². The fourth-order valence-corrected chi connectivity index (χ4v) is 1.12. The quantitative estimate of drug-likeness (QED) is 0.733. The number of aliphatic carboxylic acids is 1. The number of hydrogen-bond acceptors (Lipinski definition) is 5. The first-order valence-corrected chi connectivity index (χ1v) is 4.38. The SMILES string of the molecule is O=C(O)CCNc1ccc2nncn2n1. The molecule has 0 amide bonds. The van der Waals surface area contributed by atoms with Crippen LogP contribution in [0.3, 0.4) is 0 Å². The van der Waals surface area contributed by atoms with Gasteiger partial charge in [-0.3, -0.25) is 4.79 Å². The normalized spacial score (nSPS) is 10.4. The fraction of sp³-hybridized carbons (Fsp3) is 0.250. The van der Waals surface area contributed by atoms with Crippen LogP contribution in [0, 0.1) is 0 Å². The van der Waals surface area contributed by atoms with E-state index in [9.17, 15) is 4.79 Å². The van der Waals surface area contributed by atoms with Crippen molar-refractivity contribution in [2.24, 2.45) is 0 Å². The first kappa shape index (κ1) is 9.38. The zero-order valence-electron chi connectivity index (χ0n) is 7.79. The van der Waals surface area contributed by atoms with E-state index in [4.69, 9.17) is 5.11 Å². The average Bonchev–Trinajstić information content (AvgIpc) is 2.64. The van der Waals surface area contributed by atoms with Gasteiger partial charge < -0.3 is 10.4 Å². The molecule has 2 heterocycles. The summed E-state index contributed by atoms with van der Waals surface area (Å²) in [5.41, 5.74) is 0.652. The van der Waals surface area contributed by atoms with Gasteiger partial charge in [-0.05, 0) is 12.1 Å². The molecule has 0 aliphatic rings.